The summed E-state index contributed by atoms with van der Waals surface area (Å²) in [6.45, 7) is -8.56. The van der Waals surface area contributed by atoms with E-state index in [1.165, 1.54) is 0 Å². The zero-order valence-electron chi connectivity index (χ0n) is 16.9. The van der Waals surface area contributed by atoms with Crippen LogP contribution in [0.15, 0.2) is 0 Å². The molecule has 0 saturated carbocycles. The molecule has 1 fully saturated rings. The lowest BCUT2D eigenvalue weighted by molar-refractivity contribution is 0.233. The van der Waals surface area contributed by atoms with Gasteiger partial charge in [0.15, 0.2) is 0 Å². The third-order valence-corrected chi connectivity index (χ3v) is 3.24. The molecule has 1 unspecified atom stereocenters. The molecule has 0 aromatic heterocycles. The lowest BCUT2D eigenvalue weighted by Crippen LogP contribution is -2.35. The Morgan fingerprint density at radius 2 is 2.21 bits per heavy atom. The fraction of sp³-hybridized carbons (Fsp3) is 1.00. The van der Waals surface area contributed by atoms with Crippen molar-refractivity contribution in [1.29, 1.82) is 0 Å². The molecular formula is C7H15Cl2N2O2P. The second kappa shape index (κ2) is 6.31. The van der Waals surface area contributed by atoms with Gasteiger partial charge in [-0.3, -0.25) is 4.57 Å². The van der Waals surface area contributed by atoms with Crippen LogP contribution in [0.1, 0.15) is 20.1 Å². The Kier molecular flexibility index (Phi) is 2.04. The van der Waals surface area contributed by atoms with Gasteiger partial charge in [0.1, 0.15) is 0 Å². The summed E-state index contributed by atoms with van der Waals surface area (Å²) in [5, 5.41) is 2.00. The highest BCUT2D eigenvalue weighted by molar-refractivity contribution is 7.54. The zero-order valence-corrected chi connectivity index (χ0v) is 9.29. The first kappa shape index (κ1) is 4.52. The standard InChI is InChI=1S/C7H15Cl2N2O2P/c8-2-5-11(6-3-9)14(12)10-4-1-7-13-14/h1-7H2,(H,10,12)/i1D2,2D2,3D2,5D2,6D2. The second-order valence-electron chi connectivity index (χ2n) is 2.10. The van der Waals surface area contributed by atoms with Gasteiger partial charge in [-0.15, -0.1) is 23.2 Å². The first-order valence-electron chi connectivity index (χ1n) is 8.46. The van der Waals surface area contributed by atoms with Crippen molar-refractivity contribution in [3.63, 3.8) is 0 Å². The Hall–Kier alpha value is 0.690. The molecule has 1 N–H and O–H groups in total. The van der Waals surface area contributed by atoms with E-state index in [-0.39, 0.29) is 4.67 Å². The van der Waals surface area contributed by atoms with Gasteiger partial charge in [0.25, 0.3) is 0 Å². The Morgan fingerprint density at radius 1 is 1.57 bits per heavy atom. The van der Waals surface area contributed by atoms with Gasteiger partial charge in [-0.2, -0.15) is 0 Å². The molecule has 7 heteroatoms. The SMILES string of the molecule is [2H]C1([2H])CNP(=O)(N(C([2H])([2H])C([2H])([2H])Cl)C([2H])([2H])C([2H])([2H])Cl)OC1. The number of halogens is 2. The molecule has 0 radical (unpaired) electrons. The Bertz CT molecular complexity index is 496. The van der Waals surface area contributed by atoms with Gasteiger partial charge in [0.05, 0.1) is 6.61 Å². The molecule has 1 aliphatic heterocycles. The summed E-state index contributed by atoms with van der Waals surface area (Å²) in [6, 6.07) is 0. The summed E-state index contributed by atoms with van der Waals surface area (Å²) in [7, 11) is -4.80. The predicted molar refractivity (Wildman–Crippen MR) is 59.2 cm³/mol. The third-order valence-electron chi connectivity index (χ3n) is 1.31. The maximum atomic E-state index is 12.9. The van der Waals surface area contributed by atoms with Crippen molar-refractivity contribution < 1.29 is 22.8 Å². The maximum Gasteiger partial charge on any atom is 0.343 e. The molecule has 0 aromatic carbocycles. The summed E-state index contributed by atoms with van der Waals surface area (Å²) < 4.78 is 92.6. The van der Waals surface area contributed by atoms with Crippen LogP contribution < -0.4 is 5.09 Å². The van der Waals surface area contributed by atoms with Crippen LogP contribution in [0.25, 0.3) is 0 Å². The van der Waals surface area contributed by atoms with Gasteiger partial charge in [-0.25, -0.2) is 9.76 Å². The fourth-order valence-electron chi connectivity index (χ4n) is 0.754. The normalized spacial score (nSPS) is 46.5. The van der Waals surface area contributed by atoms with Gasteiger partial charge < -0.3 is 4.52 Å². The van der Waals surface area contributed by atoms with E-state index in [1.54, 1.807) is 0 Å². The Labute approximate surface area is 108 Å². The number of hydrogen-bond acceptors (Lipinski definition) is 2. The lowest BCUT2D eigenvalue weighted by atomic mass is 10.5. The molecule has 0 aliphatic carbocycles. The molecule has 1 heterocycles. The second-order valence-corrected chi connectivity index (χ2v) is 4.50. The van der Waals surface area contributed by atoms with Crippen molar-refractivity contribution in [2.24, 2.45) is 0 Å². The summed E-state index contributed by atoms with van der Waals surface area (Å²) >= 11 is 10.6. The summed E-state index contributed by atoms with van der Waals surface area (Å²) in [5.41, 5.74) is 0. The van der Waals surface area contributed by atoms with E-state index in [0.717, 1.165) is 0 Å². The number of hydrogen-bond donors (Lipinski definition) is 1. The molecule has 1 saturated heterocycles. The van der Waals surface area contributed by atoms with Crippen molar-refractivity contribution in [1.82, 2.24) is 9.76 Å². The average molecular weight is 271 g/mol. The topological polar surface area (TPSA) is 41.6 Å². The van der Waals surface area contributed by atoms with Crippen LogP contribution in [-0.2, 0) is 9.09 Å². The molecule has 0 amide bonds. The van der Waals surface area contributed by atoms with Crippen LogP contribution in [0.4, 0.5) is 0 Å². The minimum absolute atomic E-state index is 0.359. The minimum Gasteiger partial charge on any atom is -0.306 e. The van der Waals surface area contributed by atoms with Crippen molar-refractivity contribution in [3.05, 3.63) is 0 Å². The highest BCUT2D eigenvalue weighted by Gasteiger charge is 2.32. The number of rotatable bonds is 5. The highest BCUT2D eigenvalue weighted by atomic mass is 35.5. The average Bonchev–Trinajstić information content (AvgIpc) is 2.30. The van der Waals surface area contributed by atoms with Crippen LogP contribution in [0.3, 0.4) is 0 Å². The maximum absolute atomic E-state index is 12.9. The Balaban J connectivity index is 3.50. The first-order chi connectivity index (χ1) is 10.3. The molecule has 0 spiro atoms. The molecule has 1 atom stereocenters. The molecule has 0 bridgehead atoms. The Morgan fingerprint density at radius 3 is 2.64 bits per heavy atom. The van der Waals surface area contributed by atoms with Gasteiger partial charge >= 0.3 is 7.67 Å². The summed E-state index contributed by atoms with van der Waals surface area (Å²) in [6.07, 6.45) is -2.00. The number of alkyl halides is 2. The van der Waals surface area contributed by atoms with Crippen molar-refractivity contribution in [2.75, 3.05) is 37.8 Å². The third kappa shape index (κ3) is 3.37. The van der Waals surface area contributed by atoms with E-state index in [2.05, 4.69) is 0 Å². The molecule has 84 valence electrons. The fourth-order valence-corrected chi connectivity index (χ4v) is 2.33. The van der Waals surface area contributed by atoms with Crippen molar-refractivity contribution >= 4 is 30.9 Å². The number of nitrogens with zero attached hydrogens (tertiary/aromatic N) is 1. The number of nitrogens with one attached hydrogen (secondary N) is 1. The van der Waals surface area contributed by atoms with E-state index in [1.807, 2.05) is 5.09 Å². The van der Waals surface area contributed by atoms with Gasteiger partial charge in [0.2, 0.25) is 0 Å². The van der Waals surface area contributed by atoms with Crippen LogP contribution in [0, 0.1) is 0 Å². The van der Waals surface area contributed by atoms with E-state index >= 15 is 0 Å². The van der Waals surface area contributed by atoms with E-state index < -0.39 is 51.9 Å². The smallest absolute Gasteiger partial charge is 0.306 e. The molecule has 0 aromatic rings. The van der Waals surface area contributed by atoms with E-state index in [0.29, 0.717) is 0 Å². The van der Waals surface area contributed by atoms with Crippen LogP contribution in [0.5, 0.6) is 0 Å². The van der Waals surface area contributed by atoms with E-state index in [9.17, 15) is 4.57 Å². The molecule has 4 nitrogen and oxygen atoms in total. The summed E-state index contributed by atoms with van der Waals surface area (Å²) in [5.74, 6) is -6.64. The molecule has 1 aliphatic rings. The van der Waals surface area contributed by atoms with Gasteiger partial charge in [-0.05, 0) is 6.37 Å². The monoisotopic (exact) mass is 270 g/mol. The molecular weight excluding hydrogens is 246 g/mol. The van der Waals surface area contributed by atoms with Crippen molar-refractivity contribution in [3.8, 4) is 0 Å². The van der Waals surface area contributed by atoms with Crippen LogP contribution >= 0.6 is 30.9 Å². The largest absolute Gasteiger partial charge is 0.343 e. The van der Waals surface area contributed by atoms with Gasteiger partial charge in [-0.1, -0.05) is 0 Å². The summed E-state index contributed by atoms with van der Waals surface area (Å²) in [4.78, 5) is 0. The van der Waals surface area contributed by atoms with Crippen LogP contribution in [-0.4, -0.2) is 42.5 Å². The quantitative estimate of drug-likeness (QED) is 0.612. The highest BCUT2D eigenvalue weighted by Crippen LogP contribution is 2.47. The van der Waals surface area contributed by atoms with E-state index in [4.69, 9.17) is 41.4 Å². The zero-order chi connectivity index (χ0) is 19.4. The molecule has 1 rings (SSSR count). The predicted octanol–water partition coefficient (Wildman–Crippen LogP) is 1.88. The van der Waals surface area contributed by atoms with Crippen LogP contribution in [0.2, 0.25) is 0 Å². The molecule has 14 heavy (non-hydrogen) atoms. The van der Waals surface area contributed by atoms with Crippen molar-refractivity contribution in [2.45, 2.75) is 6.37 Å². The van der Waals surface area contributed by atoms with Gasteiger partial charge in [0, 0.05) is 44.9 Å². The lowest BCUT2D eigenvalue weighted by Gasteiger charge is -2.33. The minimum atomic E-state index is -4.80. The first-order valence-corrected chi connectivity index (χ1v) is 5.80.